The van der Waals surface area contributed by atoms with Gasteiger partial charge in [0.2, 0.25) is 0 Å². The van der Waals surface area contributed by atoms with Gasteiger partial charge in [-0.05, 0) is 36.2 Å². The monoisotopic (exact) mass is 383 g/mol. The molecule has 1 saturated heterocycles. The van der Waals surface area contributed by atoms with E-state index in [1.165, 1.54) is 11.1 Å². The Morgan fingerprint density at radius 3 is 2.11 bits per heavy atom. The highest BCUT2D eigenvalue weighted by molar-refractivity contribution is 5.54. The maximum atomic E-state index is 5.48. The van der Waals surface area contributed by atoms with Crippen LogP contribution in [0.5, 0.6) is 11.5 Å². The zero-order chi connectivity index (χ0) is 19.5. The summed E-state index contributed by atoms with van der Waals surface area (Å²) >= 11 is 0. The van der Waals surface area contributed by atoms with Crippen molar-refractivity contribution < 1.29 is 9.47 Å². The van der Waals surface area contributed by atoms with Crippen LogP contribution in [0.4, 0.5) is 11.6 Å². The van der Waals surface area contributed by atoms with Gasteiger partial charge in [0.05, 0.1) is 14.2 Å². The van der Waals surface area contributed by atoms with Crippen molar-refractivity contribution in [3.8, 4) is 11.5 Å². The zero-order valence-electron chi connectivity index (χ0n) is 17.0. The molecule has 0 saturated carbocycles. The predicted molar refractivity (Wildman–Crippen MR) is 111 cm³/mol. The molecular weight excluding hydrogens is 354 g/mol. The summed E-state index contributed by atoms with van der Waals surface area (Å²) in [6, 6.07) is 6.32. The number of piperazine rings is 1. The predicted octanol–water partition coefficient (Wildman–Crippen LogP) is 2.20. The molecule has 0 unspecified atom stereocenters. The first-order chi connectivity index (χ1) is 13.7. The lowest BCUT2D eigenvalue weighted by atomic mass is 9.99. The molecule has 4 rings (SSSR count). The second kappa shape index (κ2) is 8.22. The van der Waals surface area contributed by atoms with Crippen LogP contribution in [0.25, 0.3) is 0 Å². The average Bonchev–Trinajstić information content (AvgIpc) is 2.77. The number of anilines is 2. The number of rotatable bonds is 5. The summed E-state index contributed by atoms with van der Waals surface area (Å²) < 4.78 is 10.9. The van der Waals surface area contributed by atoms with Crippen LogP contribution in [0.1, 0.15) is 18.1 Å². The van der Waals surface area contributed by atoms with Crippen LogP contribution in [0, 0.1) is 0 Å². The van der Waals surface area contributed by atoms with E-state index in [4.69, 9.17) is 9.47 Å². The molecule has 0 aliphatic carbocycles. The van der Waals surface area contributed by atoms with Gasteiger partial charge in [0.25, 0.3) is 0 Å². The van der Waals surface area contributed by atoms with Crippen molar-refractivity contribution in [2.24, 2.45) is 0 Å². The Morgan fingerprint density at radius 1 is 0.821 bits per heavy atom. The number of aromatic nitrogens is 2. The number of hydrogen-bond acceptors (Lipinski definition) is 7. The van der Waals surface area contributed by atoms with Crippen LogP contribution >= 0.6 is 0 Å². The first-order valence-corrected chi connectivity index (χ1v) is 10.00. The molecule has 2 aliphatic heterocycles. The maximum absolute atomic E-state index is 5.48. The van der Waals surface area contributed by atoms with Crippen molar-refractivity contribution in [1.82, 2.24) is 14.9 Å². The van der Waals surface area contributed by atoms with Gasteiger partial charge in [-0.2, -0.15) is 0 Å². The lowest BCUT2D eigenvalue weighted by molar-refractivity contribution is 0.270. The molecule has 0 spiro atoms. The molecular formula is C21H29N5O2. The molecule has 1 aromatic carbocycles. The first kappa shape index (κ1) is 18.8. The summed E-state index contributed by atoms with van der Waals surface area (Å²) in [5.74, 6) is 3.59. The Kier molecular flexibility index (Phi) is 5.52. The van der Waals surface area contributed by atoms with E-state index < -0.39 is 0 Å². The smallest absolute Gasteiger partial charge is 0.161 e. The van der Waals surface area contributed by atoms with Gasteiger partial charge in [-0.25, -0.2) is 9.97 Å². The fourth-order valence-electron chi connectivity index (χ4n) is 4.05. The Morgan fingerprint density at radius 2 is 1.46 bits per heavy atom. The van der Waals surface area contributed by atoms with Crippen LogP contribution in [-0.4, -0.2) is 68.4 Å². The summed E-state index contributed by atoms with van der Waals surface area (Å²) in [7, 11) is 3.36. The highest BCUT2D eigenvalue weighted by Gasteiger charge is 2.22. The number of fused-ring (bicyclic) bond motifs is 1. The number of benzene rings is 1. The lowest BCUT2D eigenvalue weighted by Gasteiger charge is -2.35. The Hall–Kier alpha value is -2.54. The Labute approximate surface area is 166 Å². The van der Waals surface area contributed by atoms with E-state index in [-0.39, 0.29) is 0 Å². The molecule has 2 aliphatic rings. The minimum absolute atomic E-state index is 0.778. The molecule has 3 heterocycles. The van der Waals surface area contributed by atoms with Crippen LogP contribution in [0.3, 0.4) is 0 Å². The van der Waals surface area contributed by atoms with E-state index in [0.29, 0.717) is 0 Å². The van der Waals surface area contributed by atoms with Crippen molar-refractivity contribution >= 4 is 11.6 Å². The van der Waals surface area contributed by atoms with E-state index >= 15 is 0 Å². The van der Waals surface area contributed by atoms with Crippen molar-refractivity contribution in [2.45, 2.75) is 19.9 Å². The first-order valence-electron chi connectivity index (χ1n) is 10.00. The number of likely N-dealkylation sites (N-methyl/N-ethyl adjacent to an activating group) is 1. The van der Waals surface area contributed by atoms with Crippen molar-refractivity contribution in [2.75, 3.05) is 63.3 Å². The second-order valence-corrected chi connectivity index (χ2v) is 7.30. The minimum atomic E-state index is 0.778. The van der Waals surface area contributed by atoms with Crippen molar-refractivity contribution in [3.63, 3.8) is 0 Å². The molecule has 0 radical (unpaired) electrons. The SMILES string of the molecule is CCN1CCN(c2cc(N3CCc4cc(OC)c(OC)cc4C3)ncn2)CC1. The third kappa shape index (κ3) is 3.71. The largest absolute Gasteiger partial charge is 0.493 e. The lowest BCUT2D eigenvalue weighted by Crippen LogP contribution is -2.46. The molecule has 28 heavy (non-hydrogen) atoms. The van der Waals surface area contributed by atoms with Gasteiger partial charge in [0.1, 0.15) is 18.0 Å². The van der Waals surface area contributed by atoms with Gasteiger partial charge in [0.15, 0.2) is 11.5 Å². The van der Waals surface area contributed by atoms with Gasteiger partial charge < -0.3 is 24.2 Å². The maximum Gasteiger partial charge on any atom is 0.161 e. The van der Waals surface area contributed by atoms with E-state index in [1.807, 2.05) is 0 Å². The van der Waals surface area contributed by atoms with Gasteiger partial charge in [0, 0.05) is 45.3 Å². The highest BCUT2D eigenvalue weighted by Crippen LogP contribution is 2.34. The Balaban J connectivity index is 1.51. The van der Waals surface area contributed by atoms with Gasteiger partial charge in [-0.3, -0.25) is 0 Å². The molecule has 0 bridgehead atoms. The third-order valence-electron chi connectivity index (χ3n) is 5.82. The van der Waals surface area contributed by atoms with Crippen LogP contribution in [-0.2, 0) is 13.0 Å². The van der Waals surface area contributed by atoms with Crippen LogP contribution < -0.4 is 19.3 Å². The topological polar surface area (TPSA) is 54.0 Å². The molecule has 150 valence electrons. The van der Waals surface area contributed by atoms with Gasteiger partial charge >= 0.3 is 0 Å². The third-order valence-corrected chi connectivity index (χ3v) is 5.82. The molecule has 7 heteroatoms. The molecule has 0 N–H and O–H groups in total. The molecule has 0 amide bonds. The number of ether oxygens (including phenoxy) is 2. The summed E-state index contributed by atoms with van der Waals surface area (Å²) in [5.41, 5.74) is 2.58. The summed E-state index contributed by atoms with van der Waals surface area (Å²) in [4.78, 5) is 16.3. The van der Waals surface area contributed by atoms with Crippen LogP contribution in [0.15, 0.2) is 24.5 Å². The summed E-state index contributed by atoms with van der Waals surface area (Å²) in [5, 5.41) is 0. The molecule has 1 aromatic heterocycles. The summed E-state index contributed by atoms with van der Waals surface area (Å²) in [6.45, 7) is 9.30. The van der Waals surface area contributed by atoms with E-state index in [2.05, 4.69) is 49.8 Å². The fraction of sp³-hybridized carbons (Fsp3) is 0.524. The molecule has 7 nitrogen and oxygen atoms in total. The molecule has 2 aromatic rings. The average molecular weight is 383 g/mol. The fourth-order valence-corrected chi connectivity index (χ4v) is 4.05. The van der Waals surface area contributed by atoms with Gasteiger partial charge in [-0.15, -0.1) is 0 Å². The van der Waals surface area contributed by atoms with Gasteiger partial charge in [-0.1, -0.05) is 6.92 Å². The van der Waals surface area contributed by atoms with Crippen molar-refractivity contribution in [1.29, 1.82) is 0 Å². The van der Waals surface area contributed by atoms with Crippen molar-refractivity contribution in [3.05, 3.63) is 35.7 Å². The normalized spacial score (nSPS) is 17.4. The Bertz CT molecular complexity index is 820. The number of methoxy groups -OCH3 is 2. The second-order valence-electron chi connectivity index (χ2n) is 7.30. The quantitative estimate of drug-likeness (QED) is 0.784. The molecule has 0 atom stereocenters. The van der Waals surface area contributed by atoms with E-state index in [9.17, 15) is 0 Å². The van der Waals surface area contributed by atoms with E-state index in [0.717, 1.165) is 75.4 Å². The zero-order valence-corrected chi connectivity index (χ0v) is 17.0. The molecule has 1 fully saturated rings. The number of nitrogens with zero attached hydrogens (tertiary/aromatic N) is 5. The van der Waals surface area contributed by atoms with E-state index in [1.54, 1.807) is 20.5 Å². The summed E-state index contributed by atoms with van der Waals surface area (Å²) in [6.07, 6.45) is 2.66. The standard InChI is InChI=1S/C21H29N5O2/c1-4-24-7-9-25(10-8-24)20-13-21(23-15-22-20)26-6-5-16-11-18(27-2)19(28-3)12-17(16)14-26/h11-13,15H,4-10,14H2,1-3H3. The minimum Gasteiger partial charge on any atom is -0.493 e. The highest BCUT2D eigenvalue weighted by atomic mass is 16.5. The number of hydrogen-bond donors (Lipinski definition) is 0. The van der Waals surface area contributed by atoms with Crippen LogP contribution in [0.2, 0.25) is 0 Å².